The number of fused-ring (bicyclic) bond motifs is 1. The Kier molecular flexibility index (Phi) is 8.53. The van der Waals surface area contributed by atoms with Crippen LogP contribution in [-0.4, -0.2) is 62.3 Å². The van der Waals surface area contributed by atoms with Gasteiger partial charge in [-0.2, -0.15) is 5.10 Å². The number of benzene rings is 2. The predicted octanol–water partition coefficient (Wildman–Crippen LogP) is 4.41. The zero-order valence-corrected chi connectivity index (χ0v) is 25.3. The van der Waals surface area contributed by atoms with Crippen LogP contribution in [0.25, 0.3) is 33.2 Å². The molecule has 226 valence electrons. The molecule has 2 aromatic carbocycles. The number of methoxy groups -OCH3 is 1. The molecule has 0 amide bonds. The number of ether oxygens (including phenoxy) is 2. The van der Waals surface area contributed by atoms with E-state index >= 15 is 0 Å². The Morgan fingerprint density at radius 3 is 2.73 bits per heavy atom. The SMILES string of the molecule is COc1nc(-c2cccc(-c3cccc(Nc4nccc5cnn(C)c(=O)c45)c3C)c2Cl)cnc1CNC1CCOCC1O. The lowest BCUT2D eigenvalue weighted by Crippen LogP contribution is -2.46. The molecule has 1 aliphatic heterocycles. The topological polar surface area (TPSA) is 136 Å². The molecule has 0 aliphatic carbocycles. The number of anilines is 2. The van der Waals surface area contributed by atoms with Crippen LogP contribution in [0, 0.1) is 6.92 Å². The highest BCUT2D eigenvalue weighted by molar-refractivity contribution is 6.36. The monoisotopic (exact) mass is 613 g/mol. The Hall–Kier alpha value is -4.42. The summed E-state index contributed by atoms with van der Waals surface area (Å²) in [5, 5.41) is 22.7. The molecular weight excluding hydrogens is 582 g/mol. The molecule has 2 unspecified atom stereocenters. The van der Waals surface area contributed by atoms with Gasteiger partial charge in [-0.1, -0.05) is 41.9 Å². The molecule has 11 nitrogen and oxygen atoms in total. The number of nitrogens with zero attached hydrogens (tertiary/aromatic N) is 5. The lowest BCUT2D eigenvalue weighted by Gasteiger charge is -2.28. The number of hydrogen-bond donors (Lipinski definition) is 3. The van der Waals surface area contributed by atoms with Crippen molar-refractivity contribution in [3.63, 3.8) is 0 Å². The van der Waals surface area contributed by atoms with Gasteiger partial charge in [0.15, 0.2) is 0 Å². The normalized spacial score (nSPS) is 16.7. The molecular formula is C32H32ClN7O4. The van der Waals surface area contributed by atoms with Crippen molar-refractivity contribution >= 4 is 33.9 Å². The maximum atomic E-state index is 12.9. The van der Waals surface area contributed by atoms with Gasteiger partial charge in [0.2, 0.25) is 5.88 Å². The Morgan fingerprint density at radius 2 is 1.91 bits per heavy atom. The Labute approximate surface area is 258 Å². The van der Waals surface area contributed by atoms with Crippen molar-refractivity contribution in [2.24, 2.45) is 7.05 Å². The van der Waals surface area contributed by atoms with E-state index in [1.807, 2.05) is 43.3 Å². The van der Waals surface area contributed by atoms with Gasteiger partial charge in [0.05, 0.1) is 48.3 Å². The molecule has 1 fully saturated rings. The fourth-order valence-electron chi connectivity index (χ4n) is 5.40. The molecule has 1 saturated heterocycles. The summed E-state index contributed by atoms with van der Waals surface area (Å²) in [5.41, 5.74) is 5.11. The summed E-state index contributed by atoms with van der Waals surface area (Å²) < 4.78 is 12.2. The van der Waals surface area contributed by atoms with Crippen LogP contribution >= 0.6 is 11.6 Å². The van der Waals surface area contributed by atoms with E-state index in [4.69, 9.17) is 26.1 Å². The molecule has 2 atom stereocenters. The van der Waals surface area contributed by atoms with E-state index in [9.17, 15) is 9.90 Å². The fourth-order valence-corrected chi connectivity index (χ4v) is 5.72. The molecule has 3 N–H and O–H groups in total. The summed E-state index contributed by atoms with van der Waals surface area (Å²) in [6.45, 7) is 3.29. The van der Waals surface area contributed by atoms with E-state index in [0.29, 0.717) is 70.6 Å². The van der Waals surface area contributed by atoms with Crippen molar-refractivity contribution < 1.29 is 14.6 Å². The zero-order chi connectivity index (χ0) is 30.8. The van der Waals surface area contributed by atoms with Crippen molar-refractivity contribution in [3.05, 3.63) is 87.7 Å². The maximum Gasteiger partial charge on any atom is 0.278 e. The van der Waals surface area contributed by atoms with Gasteiger partial charge in [0, 0.05) is 54.6 Å². The molecule has 5 aromatic rings. The molecule has 6 rings (SSSR count). The lowest BCUT2D eigenvalue weighted by atomic mass is 9.96. The van der Waals surface area contributed by atoms with Crippen LogP contribution in [0.5, 0.6) is 5.88 Å². The summed E-state index contributed by atoms with van der Waals surface area (Å²) in [6.07, 6.45) is 5.11. The molecule has 0 bridgehead atoms. The van der Waals surface area contributed by atoms with Gasteiger partial charge in [0.25, 0.3) is 5.56 Å². The van der Waals surface area contributed by atoms with Gasteiger partial charge in [-0.15, -0.1) is 0 Å². The van der Waals surface area contributed by atoms with Gasteiger partial charge < -0.3 is 25.2 Å². The first-order valence-corrected chi connectivity index (χ1v) is 14.6. The van der Waals surface area contributed by atoms with Crippen LogP contribution < -0.4 is 20.9 Å². The highest BCUT2D eigenvalue weighted by Crippen LogP contribution is 2.39. The van der Waals surface area contributed by atoms with Crippen LogP contribution in [0.1, 0.15) is 17.7 Å². The Morgan fingerprint density at radius 1 is 1.11 bits per heavy atom. The predicted molar refractivity (Wildman–Crippen MR) is 169 cm³/mol. The zero-order valence-electron chi connectivity index (χ0n) is 24.5. The number of aliphatic hydroxyl groups is 1. The minimum Gasteiger partial charge on any atom is -0.480 e. The first kappa shape index (κ1) is 29.6. The standard InChI is InChI=1S/C32H32ClN7O4/c1-18-20(6-5-9-23(18)38-30-28-19(10-12-34-30)14-37-40(2)32(28)42)21-7-4-8-22(29(21)33)25-15-36-26(31(39-25)43-3)16-35-24-11-13-44-17-27(24)41/h4-10,12,14-15,24,27,35,41H,11,13,16-17H2,1-3H3,(H,34,38). The van der Waals surface area contributed by atoms with Crippen LogP contribution in [0.3, 0.4) is 0 Å². The van der Waals surface area contributed by atoms with Crippen molar-refractivity contribution in [2.75, 3.05) is 25.6 Å². The average Bonchev–Trinajstić information content (AvgIpc) is 3.04. The number of rotatable bonds is 8. The van der Waals surface area contributed by atoms with E-state index in [0.717, 1.165) is 22.4 Å². The second kappa shape index (κ2) is 12.7. The van der Waals surface area contributed by atoms with Crippen molar-refractivity contribution in [3.8, 4) is 28.3 Å². The summed E-state index contributed by atoms with van der Waals surface area (Å²) in [6, 6.07) is 13.3. The molecule has 0 spiro atoms. The van der Waals surface area contributed by atoms with Gasteiger partial charge in [-0.25, -0.2) is 14.6 Å². The first-order chi connectivity index (χ1) is 21.4. The largest absolute Gasteiger partial charge is 0.480 e. The van der Waals surface area contributed by atoms with Gasteiger partial charge in [0.1, 0.15) is 11.5 Å². The van der Waals surface area contributed by atoms with Gasteiger partial charge in [-0.05, 0) is 36.6 Å². The second-order valence-electron chi connectivity index (χ2n) is 10.6. The van der Waals surface area contributed by atoms with Crippen molar-refractivity contribution in [1.82, 2.24) is 30.0 Å². The lowest BCUT2D eigenvalue weighted by molar-refractivity contribution is -0.0281. The third-order valence-corrected chi connectivity index (χ3v) is 8.28. The number of pyridine rings is 1. The summed E-state index contributed by atoms with van der Waals surface area (Å²) in [7, 11) is 3.17. The average molecular weight is 614 g/mol. The molecule has 3 aromatic heterocycles. The Balaban J connectivity index is 1.30. The molecule has 12 heteroatoms. The van der Waals surface area contributed by atoms with E-state index < -0.39 is 6.10 Å². The number of aromatic nitrogens is 5. The van der Waals surface area contributed by atoms with E-state index in [2.05, 4.69) is 25.7 Å². The Bertz CT molecular complexity index is 1900. The molecule has 0 radical (unpaired) electrons. The number of aryl methyl sites for hydroxylation is 1. The van der Waals surface area contributed by atoms with Gasteiger partial charge >= 0.3 is 0 Å². The highest BCUT2D eigenvalue weighted by atomic mass is 35.5. The summed E-state index contributed by atoms with van der Waals surface area (Å²) in [4.78, 5) is 26.7. The minimum atomic E-state index is -0.575. The first-order valence-electron chi connectivity index (χ1n) is 14.2. The van der Waals surface area contributed by atoms with E-state index in [-0.39, 0.29) is 11.6 Å². The van der Waals surface area contributed by atoms with E-state index in [1.54, 1.807) is 38.8 Å². The second-order valence-corrected chi connectivity index (χ2v) is 11.0. The van der Waals surface area contributed by atoms with Crippen molar-refractivity contribution in [1.29, 1.82) is 0 Å². The summed E-state index contributed by atoms with van der Waals surface area (Å²) in [5.74, 6) is 0.832. The van der Waals surface area contributed by atoms with Crippen LogP contribution in [0.2, 0.25) is 5.02 Å². The maximum absolute atomic E-state index is 12.9. The molecule has 1 aliphatic rings. The third-order valence-electron chi connectivity index (χ3n) is 7.88. The van der Waals surface area contributed by atoms with Crippen molar-refractivity contribution in [2.45, 2.75) is 32.0 Å². The molecule has 44 heavy (non-hydrogen) atoms. The third kappa shape index (κ3) is 5.74. The molecule has 4 heterocycles. The number of nitrogens with one attached hydrogen (secondary N) is 2. The van der Waals surface area contributed by atoms with Crippen LogP contribution in [-0.2, 0) is 18.3 Å². The van der Waals surface area contributed by atoms with Crippen LogP contribution in [0.4, 0.5) is 11.5 Å². The van der Waals surface area contributed by atoms with Crippen LogP contribution in [0.15, 0.2) is 65.8 Å². The number of hydrogen-bond acceptors (Lipinski definition) is 10. The smallest absolute Gasteiger partial charge is 0.278 e. The fraction of sp³-hybridized carbons (Fsp3) is 0.281. The number of halogens is 1. The van der Waals surface area contributed by atoms with E-state index in [1.165, 1.54) is 4.68 Å². The molecule has 0 saturated carbocycles. The highest BCUT2D eigenvalue weighted by Gasteiger charge is 2.24. The quantitative estimate of drug-likeness (QED) is 0.231. The number of aliphatic hydroxyl groups excluding tert-OH is 1. The minimum absolute atomic E-state index is 0.0895. The summed E-state index contributed by atoms with van der Waals surface area (Å²) >= 11 is 7.05. The van der Waals surface area contributed by atoms with Gasteiger partial charge in [-0.3, -0.25) is 9.78 Å².